The highest BCUT2D eigenvalue weighted by atomic mass is 32.1. The normalized spacial score (nSPS) is 16.8. The Balaban J connectivity index is 2.77. The Bertz CT molecular complexity index is 240. The van der Waals surface area contributed by atoms with Crippen LogP contribution in [-0.2, 0) is 4.79 Å². The first-order chi connectivity index (χ1) is 4.70. The lowest BCUT2D eigenvalue weighted by Crippen LogP contribution is -2.14. The Morgan fingerprint density at radius 2 is 2.30 bits per heavy atom. The van der Waals surface area contributed by atoms with Crippen molar-refractivity contribution in [1.82, 2.24) is 0 Å². The van der Waals surface area contributed by atoms with E-state index in [1.54, 1.807) is 18.2 Å². The van der Waals surface area contributed by atoms with Crippen LogP contribution in [0.2, 0.25) is 0 Å². The number of carbonyl (C=O) groups is 1. The van der Waals surface area contributed by atoms with Crippen molar-refractivity contribution < 1.29 is 4.79 Å². The topological polar surface area (TPSA) is 43.1 Å². The molecule has 1 rings (SSSR count). The molecule has 3 heteroatoms. The summed E-state index contributed by atoms with van der Waals surface area (Å²) in [6.45, 7) is 0. The van der Waals surface area contributed by atoms with Gasteiger partial charge in [-0.3, -0.25) is 4.79 Å². The maximum absolute atomic E-state index is 10.5. The number of carbonyl (C=O) groups excluding carboxylic acids is 1. The fourth-order valence-corrected chi connectivity index (χ4v) is 0.863. The van der Waals surface area contributed by atoms with Crippen LogP contribution in [0.25, 0.3) is 0 Å². The molecule has 0 fully saturated rings. The van der Waals surface area contributed by atoms with Crippen molar-refractivity contribution in [3.05, 3.63) is 23.8 Å². The number of allylic oxidation sites excluding steroid dienone is 2. The molecule has 1 aliphatic carbocycles. The third-order valence-corrected chi connectivity index (χ3v) is 1.56. The largest absolute Gasteiger partial charge is 0.366 e. The zero-order valence-electron chi connectivity index (χ0n) is 5.33. The number of nitrogens with two attached hydrogens (primary N) is 1. The first kappa shape index (κ1) is 7.15. The molecule has 0 bridgehead atoms. The number of hydrogen-bond acceptors (Lipinski definition) is 2. The van der Waals surface area contributed by atoms with Gasteiger partial charge in [-0.1, -0.05) is 18.3 Å². The van der Waals surface area contributed by atoms with Crippen LogP contribution in [0.15, 0.2) is 23.8 Å². The van der Waals surface area contributed by atoms with Crippen molar-refractivity contribution in [2.45, 2.75) is 6.42 Å². The molecule has 0 aromatic heterocycles. The summed E-state index contributed by atoms with van der Waals surface area (Å²) in [5.41, 5.74) is 5.56. The van der Waals surface area contributed by atoms with Crippen LogP contribution < -0.4 is 5.73 Å². The molecule has 1 amide bonds. The minimum atomic E-state index is -0.390. The minimum absolute atomic E-state index is 0.390. The first-order valence-corrected chi connectivity index (χ1v) is 3.32. The fraction of sp³-hybridized carbons (Fsp3) is 0.143. The smallest absolute Gasteiger partial charge is 0.248 e. The molecule has 52 valence electrons. The van der Waals surface area contributed by atoms with E-state index < -0.39 is 5.91 Å². The van der Waals surface area contributed by atoms with E-state index >= 15 is 0 Å². The molecule has 0 saturated carbocycles. The number of rotatable bonds is 1. The van der Waals surface area contributed by atoms with Crippen LogP contribution >= 0.6 is 12.2 Å². The molecule has 1 aliphatic rings. The van der Waals surface area contributed by atoms with Gasteiger partial charge in [-0.25, -0.2) is 0 Å². The lowest BCUT2D eigenvalue weighted by molar-refractivity contribution is -0.114. The zero-order valence-corrected chi connectivity index (χ0v) is 6.15. The Morgan fingerprint density at radius 3 is 2.70 bits per heavy atom. The second-order valence-electron chi connectivity index (χ2n) is 2.03. The third kappa shape index (κ3) is 1.51. The van der Waals surface area contributed by atoms with Gasteiger partial charge < -0.3 is 5.73 Å². The van der Waals surface area contributed by atoms with Crippen LogP contribution in [0, 0.1) is 0 Å². The van der Waals surface area contributed by atoms with E-state index in [9.17, 15) is 4.79 Å². The minimum Gasteiger partial charge on any atom is -0.366 e. The summed E-state index contributed by atoms with van der Waals surface area (Å²) in [6.07, 6.45) is 5.78. The van der Waals surface area contributed by atoms with Crippen LogP contribution in [-0.4, -0.2) is 10.8 Å². The van der Waals surface area contributed by atoms with E-state index in [4.69, 9.17) is 18.0 Å². The monoisotopic (exact) mass is 153 g/mol. The molecular weight excluding hydrogens is 146 g/mol. The number of amides is 1. The summed E-state index contributed by atoms with van der Waals surface area (Å²) in [5, 5.41) is 0. The standard InChI is InChI=1S/C7H7NOS/c8-7(9)5-1-3-6(10)4-2-5/h1-3H,4H2,(H2,8,9). The van der Waals surface area contributed by atoms with E-state index in [0.29, 0.717) is 12.0 Å². The molecule has 0 saturated heterocycles. The maximum atomic E-state index is 10.5. The Morgan fingerprint density at radius 1 is 1.60 bits per heavy atom. The second-order valence-corrected chi connectivity index (χ2v) is 2.55. The van der Waals surface area contributed by atoms with E-state index in [0.717, 1.165) is 4.86 Å². The SMILES string of the molecule is NC(=O)C1=CCC(=S)C=C1. The van der Waals surface area contributed by atoms with Crippen LogP contribution in [0.5, 0.6) is 0 Å². The molecule has 2 N–H and O–H groups in total. The molecule has 0 heterocycles. The maximum Gasteiger partial charge on any atom is 0.248 e. The van der Waals surface area contributed by atoms with Crippen LogP contribution in [0.1, 0.15) is 6.42 Å². The van der Waals surface area contributed by atoms with Crippen molar-refractivity contribution in [2.24, 2.45) is 5.73 Å². The quantitative estimate of drug-likeness (QED) is 0.564. The molecule has 0 atom stereocenters. The van der Waals surface area contributed by atoms with Crippen molar-refractivity contribution in [1.29, 1.82) is 0 Å². The van der Waals surface area contributed by atoms with Crippen LogP contribution in [0.4, 0.5) is 0 Å². The second kappa shape index (κ2) is 2.75. The summed E-state index contributed by atoms with van der Waals surface area (Å²) in [7, 11) is 0. The fourth-order valence-electron chi connectivity index (χ4n) is 0.712. The molecule has 0 aliphatic heterocycles. The summed E-state index contributed by atoms with van der Waals surface area (Å²) < 4.78 is 0. The number of hydrogen-bond donors (Lipinski definition) is 1. The van der Waals surface area contributed by atoms with Gasteiger partial charge >= 0.3 is 0 Å². The molecule has 0 aromatic rings. The van der Waals surface area contributed by atoms with Gasteiger partial charge in [0.25, 0.3) is 0 Å². The Kier molecular flexibility index (Phi) is 1.97. The van der Waals surface area contributed by atoms with Crippen molar-refractivity contribution in [3.8, 4) is 0 Å². The van der Waals surface area contributed by atoms with E-state index in [1.807, 2.05) is 0 Å². The van der Waals surface area contributed by atoms with Crippen molar-refractivity contribution >= 4 is 23.0 Å². The highest BCUT2D eigenvalue weighted by Gasteiger charge is 2.04. The number of primary amides is 1. The Labute approximate surface area is 64.4 Å². The van der Waals surface area contributed by atoms with E-state index in [-0.39, 0.29) is 0 Å². The first-order valence-electron chi connectivity index (χ1n) is 2.91. The summed E-state index contributed by atoms with van der Waals surface area (Å²) in [5.74, 6) is -0.390. The molecule has 0 aromatic carbocycles. The molecule has 0 radical (unpaired) electrons. The predicted octanol–water partition coefficient (Wildman–Crippen LogP) is 0.728. The summed E-state index contributed by atoms with van der Waals surface area (Å²) >= 11 is 4.86. The van der Waals surface area contributed by atoms with Gasteiger partial charge in [0, 0.05) is 16.9 Å². The van der Waals surface area contributed by atoms with Crippen molar-refractivity contribution in [2.75, 3.05) is 0 Å². The molecular formula is C7H7NOS. The molecule has 10 heavy (non-hydrogen) atoms. The average molecular weight is 153 g/mol. The van der Waals surface area contributed by atoms with Gasteiger partial charge in [-0.2, -0.15) is 0 Å². The Hall–Kier alpha value is -0.960. The highest BCUT2D eigenvalue weighted by molar-refractivity contribution is 7.80. The van der Waals surface area contributed by atoms with Gasteiger partial charge in [0.2, 0.25) is 5.91 Å². The number of thiocarbonyl (C=S) groups is 1. The summed E-state index contributed by atoms with van der Waals surface area (Å²) in [4.78, 5) is 11.4. The molecule has 2 nitrogen and oxygen atoms in total. The van der Waals surface area contributed by atoms with Gasteiger partial charge in [0.1, 0.15) is 0 Å². The highest BCUT2D eigenvalue weighted by Crippen LogP contribution is 2.06. The van der Waals surface area contributed by atoms with Gasteiger partial charge in [0.15, 0.2) is 0 Å². The lowest BCUT2D eigenvalue weighted by Gasteiger charge is -2.01. The zero-order chi connectivity index (χ0) is 7.56. The van der Waals surface area contributed by atoms with Crippen molar-refractivity contribution in [3.63, 3.8) is 0 Å². The van der Waals surface area contributed by atoms with E-state index in [2.05, 4.69) is 0 Å². The molecule has 0 unspecified atom stereocenters. The molecule has 0 spiro atoms. The summed E-state index contributed by atoms with van der Waals surface area (Å²) in [6, 6.07) is 0. The third-order valence-electron chi connectivity index (χ3n) is 1.26. The lowest BCUT2D eigenvalue weighted by atomic mass is 10.1. The predicted molar refractivity (Wildman–Crippen MR) is 43.6 cm³/mol. The van der Waals surface area contributed by atoms with E-state index in [1.165, 1.54) is 0 Å². The van der Waals surface area contributed by atoms with Crippen LogP contribution in [0.3, 0.4) is 0 Å². The average Bonchev–Trinajstić information content (AvgIpc) is 1.88. The van der Waals surface area contributed by atoms with Gasteiger partial charge in [-0.05, 0) is 12.2 Å². The van der Waals surface area contributed by atoms with Gasteiger partial charge in [0.05, 0.1) is 0 Å². The van der Waals surface area contributed by atoms with Gasteiger partial charge in [-0.15, -0.1) is 0 Å².